The Morgan fingerprint density at radius 1 is 0.511 bits per heavy atom. The van der Waals surface area contributed by atoms with Crippen molar-refractivity contribution in [3.63, 3.8) is 0 Å². The maximum atomic E-state index is 14.8. The van der Waals surface area contributed by atoms with Gasteiger partial charge in [-0.3, -0.25) is 59.3 Å². The number of carbonyl (C=O) groups excluding carboxylic acids is 8. The Morgan fingerprint density at radius 2 is 0.964 bits per heavy atom. The number of nitrogens with zero attached hydrogens (tertiary/aromatic N) is 11. The first-order chi connectivity index (χ1) is 65.1. The average Bonchev–Trinajstić information content (AvgIpc) is 1.65. The molecule has 7 heterocycles. The van der Waals surface area contributed by atoms with Crippen molar-refractivity contribution >= 4 is 127 Å². The normalized spacial score (nSPS) is 16.9. The number of hydrogen-bond donors (Lipinski definition) is 7. The minimum Gasteiger partial charge on any atom is -0.396 e. The van der Waals surface area contributed by atoms with E-state index in [2.05, 4.69) is 40.9 Å². The van der Waals surface area contributed by atoms with Crippen LogP contribution in [0.1, 0.15) is 188 Å². The van der Waals surface area contributed by atoms with Gasteiger partial charge in [0.05, 0.1) is 82.4 Å². The predicted octanol–water partition coefficient (Wildman–Crippen LogP) is 17.6. The second-order valence-electron chi connectivity index (χ2n) is 34.0. The van der Waals surface area contributed by atoms with Crippen molar-refractivity contribution in [3.05, 3.63) is 266 Å². The topological polar surface area (TPSA) is 341 Å². The van der Waals surface area contributed by atoms with E-state index >= 15 is 0 Å². The van der Waals surface area contributed by atoms with Gasteiger partial charge in [0, 0.05) is 135 Å². The third-order valence-electron chi connectivity index (χ3n) is 23.6. The number of likely N-dealkylation sites (N-methyl/N-ethyl adjacent to an activating group) is 2. The SMILES string of the molecule is CC1=C(c2ccc3c(c2)nc(NC(=O)c2cccc(C(F)(F)F)c2)n3CCCO)C(=O)CC=C1.CN1CCC[C@@H](c2ccc3c(c2)nc(NC(=O)c2cccc(C(F)F)c2)n3C[C@@](C)(F)CO)C1=O.CN1CCC[C@H](c2ccc3c(c2)CC(=NC(=O)c2cccc(C(F)F)c2)N3C[C@](C)(F)CO)C1=O.O=C1CC=NC=C1c1ccc2c(c1)nc(NC(=O)c1cccc(C(F)(F)F)c1)n2CCCO. The largest absolute Gasteiger partial charge is 0.416 e. The third kappa shape index (κ3) is 23.9. The molecule has 6 amide bonds. The molecule has 7 N–H and O–H groups in total. The van der Waals surface area contributed by atoms with Crippen LogP contribution in [-0.4, -0.2) is 189 Å². The molecule has 11 aromatic rings. The number of Topliss-reactive ketones (excluding diaryl/α,β-unsaturated/α-hetero) is 2. The second kappa shape index (κ2) is 42.9. The molecular formula is C99H96F12N14O12. The van der Waals surface area contributed by atoms with Crippen LogP contribution in [-0.2, 0) is 57.6 Å². The first-order valence-corrected chi connectivity index (χ1v) is 43.7. The molecule has 5 aliphatic rings. The lowest BCUT2D eigenvalue weighted by Crippen LogP contribution is -2.42. The van der Waals surface area contributed by atoms with Gasteiger partial charge in [-0.25, -0.2) is 41.3 Å². The standard InChI is InChI=1S/C26H28F3N3O3.C25H27F3N4O3.C25H22F3N3O3.C23H19F3N4O3/c1-26(29,15-33)14-32-21-9-8-16(20-7-4-10-31(2)25(20)35)11-19(21)13-22(32)30-24(34)18-6-3-5-17(12-18)23(27)28;1-25(28,14-33)13-32-20-9-8-15(18-7-4-10-31(2)23(18)35)12-19(20)29-24(32)30-22(34)17-6-3-5-16(11-17)21(26)27;1-15-5-2-8-21(33)22(15)16-9-10-20-19(14-16)29-24(31(20)11-4-12-32)30-23(34)17-6-3-7-18(13-17)25(26,27)28;24-23(25,26)16-4-1-3-15(11-16)21(33)29-22-28-18-12-14(17-13-27-8-7-20(17)32)5-6-19(18)30(22)9-2-10-31/h3,5-6,8-9,11-12,20,23,33H,4,7,10,13-15H2,1-2H3;3,5-6,8-9,11-12,18,21,33H,4,7,10,13-14H2,1-2H3,(H,29,30,34);2-3,5-7,9-10,13-14,32H,4,8,11-12H2,1H3,(H,29,30,34);1,3-6,8,11-13,31H,2,7,9-10H2,(H,28,29,33)/t20-,26+;18-,25+;;/m10../s1. The van der Waals surface area contributed by atoms with E-state index in [1.54, 1.807) is 98.6 Å². The van der Waals surface area contributed by atoms with Crippen molar-refractivity contribution in [1.82, 2.24) is 38.5 Å². The van der Waals surface area contributed by atoms with E-state index in [-0.39, 0.29) is 131 Å². The minimum absolute atomic E-state index is 0.00265. The van der Waals surface area contributed by atoms with Crippen LogP contribution in [0.2, 0.25) is 0 Å². The number of amidine groups is 1. The fraction of sp³-hybridized carbons (Fsp3) is 0.323. The summed E-state index contributed by atoms with van der Waals surface area (Å²) in [5.41, 5.74) is 2.74. The molecule has 718 valence electrons. The van der Waals surface area contributed by atoms with Crippen molar-refractivity contribution in [2.24, 2.45) is 9.98 Å². The highest BCUT2D eigenvalue weighted by atomic mass is 19.4. The molecule has 0 saturated carbocycles. The van der Waals surface area contributed by atoms with E-state index in [0.29, 0.717) is 106 Å². The maximum Gasteiger partial charge on any atom is 0.416 e. The molecule has 1 aliphatic carbocycles. The number of benzene rings is 8. The van der Waals surface area contributed by atoms with Gasteiger partial charge in [-0.1, -0.05) is 78.9 Å². The van der Waals surface area contributed by atoms with Crippen molar-refractivity contribution < 1.29 is 111 Å². The Morgan fingerprint density at radius 3 is 1.47 bits per heavy atom. The van der Waals surface area contributed by atoms with Crippen molar-refractivity contribution in [2.75, 3.05) is 81.0 Å². The third-order valence-corrected chi connectivity index (χ3v) is 23.6. The second-order valence-corrected chi connectivity index (χ2v) is 34.0. The van der Waals surface area contributed by atoms with Crippen LogP contribution in [0.15, 0.2) is 204 Å². The van der Waals surface area contributed by atoms with Crippen LogP contribution in [0.3, 0.4) is 0 Å². The van der Waals surface area contributed by atoms with Gasteiger partial charge < -0.3 is 48.8 Å². The smallest absolute Gasteiger partial charge is 0.396 e. The van der Waals surface area contributed by atoms with Gasteiger partial charge in [0.25, 0.3) is 36.5 Å². The first kappa shape index (κ1) is 100. The van der Waals surface area contributed by atoms with Crippen LogP contribution in [0.25, 0.3) is 44.2 Å². The van der Waals surface area contributed by atoms with E-state index < -0.39 is 84.5 Å². The number of fused-ring (bicyclic) bond motifs is 4. The fourth-order valence-corrected chi connectivity index (χ4v) is 16.5. The van der Waals surface area contributed by atoms with E-state index in [1.165, 1.54) is 85.4 Å². The number of amides is 6. The molecule has 4 atom stereocenters. The fourth-order valence-electron chi connectivity index (χ4n) is 16.5. The van der Waals surface area contributed by atoms with Crippen LogP contribution < -0.4 is 20.9 Å². The number of aliphatic hydroxyl groups excluding tert-OH is 4. The summed E-state index contributed by atoms with van der Waals surface area (Å²) in [6.45, 7) is 4.17. The predicted molar refractivity (Wildman–Crippen MR) is 491 cm³/mol. The number of anilines is 4. The lowest BCUT2D eigenvalue weighted by atomic mass is 9.88. The van der Waals surface area contributed by atoms with Crippen LogP contribution in [0, 0.1) is 0 Å². The number of aliphatic hydroxyl groups is 4. The van der Waals surface area contributed by atoms with Crippen molar-refractivity contribution in [2.45, 2.75) is 147 Å². The maximum absolute atomic E-state index is 14.8. The van der Waals surface area contributed by atoms with E-state index in [4.69, 9.17) is 0 Å². The molecule has 2 saturated heterocycles. The number of ketones is 2. The Hall–Kier alpha value is -14.1. The highest BCUT2D eigenvalue weighted by Crippen LogP contribution is 2.41. The molecule has 16 rings (SSSR count). The summed E-state index contributed by atoms with van der Waals surface area (Å²) in [7, 11) is 3.54. The summed E-state index contributed by atoms with van der Waals surface area (Å²) in [4.78, 5) is 128. The molecule has 0 unspecified atom stereocenters. The summed E-state index contributed by atoms with van der Waals surface area (Å²) in [6, 6.07) is 39.6. The molecule has 8 aromatic carbocycles. The zero-order valence-electron chi connectivity index (χ0n) is 74.7. The summed E-state index contributed by atoms with van der Waals surface area (Å²) in [5, 5.41) is 45.2. The number of carbonyl (C=O) groups is 8. The zero-order valence-corrected chi connectivity index (χ0v) is 74.7. The van der Waals surface area contributed by atoms with Gasteiger partial charge in [0.15, 0.2) is 11.6 Å². The number of rotatable bonds is 25. The summed E-state index contributed by atoms with van der Waals surface area (Å²) < 4.78 is 165. The van der Waals surface area contributed by atoms with Gasteiger partial charge >= 0.3 is 12.4 Å². The number of alkyl halides is 12. The monoisotopic (exact) mass is 1900 g/mol. The molecular weight excluding hydrogens is 1810 g/mol. The number of aromatic nitrogens is 6. The van der Waals surface area contributed by atoms with Crippen LogP contribution in [0.4, 0.5) is 76.2 Å². The molecule has 4 aliphatic heterocycles. The van der Waals surface area contributed by atoms with E-state index in [1.807, 2.05) is 31.2 Å². The van der Waals surface area contributed by atoms with Gasteiger partial charge in [-0.15, -0.1) is 0 Å². The van der Waals surface area contributed by atoms with Gasteiger partial charge in [-0.05, 0) is 196 Å². The Labute approximate surface area is 776 Å². The molecule has 3 aromatic heterocycles. The lowest BCUT2D eigenvalue weighted by Gasteiger charge is -2.30. The van der Waals surface area contributed by atoms with Gasteiger partial charge in [0.1, 0.15) is 17.2 Å². The van der Waals surface area contributed by atoms with Crippen molar-refractivity contribution in [3.8, 4) is 0 Å². The number of aliphatic imine (C=N–C) groups is 2. The average molecular weight is 1900 g/mol. The van der Waals surface area contributed by atoms with E-state index in [0.717, 1.165) is 90.5 Å². The summed E-state index contributed by atoms with van der Waals surface area (Å²) >= 11 is 0. The van der Waals surface area contributed by atoms with E-state index in [9.17, 15) is 111 Å². The first-order valence-electron chi connectivity index (χ1n) is 43.7. The number of imidazole rings is 3. The highest BCUT2D eigenvalue weighted by Gasteiger charge is 2.39. The highest BCUT2D eigenvalue weighted by molar-refractivity contribution is 6.26. The molecule has 0 bridgehead atoms. The quantitative estimate of drug-likeness (QED) is 0.0261. The Kier molecular flexibility index (Phi) is 31.4. The lowest BCUT2D eigenvalue weighted by molar-refractivity contribution is -0.138. The number of allylic oxidation sites excluding steroid dienone is 5. The molecule has 0 radical (unpaired) electrons. The van der Waals surface area contributed by atoms with Crippen LogP contribution in [0.5, 0.6) is 0 Å². The molecule has 0 spiro atoms. The van der Waals surface area contributed by atoms with Gasteiger partial charge in [0.2, 0.25) is 29.7 Å². The van der Waals surface area contributed by atoms with Crippen LogP contribution >= 0.6 is 0 Å². The number of likely N-dealkylation sites (tertiary alicyclic amines) is 2. The summed E-state index contributed by atoms with van der Waals surface area (Å²) in [5.74, 6) is -2.96. The number of hydrogen-bond acceptors (Lipinski definition) is 16. The van der Waals surface area contributed by atoms with Crippen molar-refractivity contribution in [1.29, 1.82) is 0 Å². The molecule has 2 fully saturated rings. The minimum atomic E-state index is -4.57. The number of nitrogens with one attached hydrogen (secondary N) is 3. The Balaban J connectivity index is 0.000000154. The molecule has 26 nitrogen and oxygen atoms in total. The number of halogens is 12. The molecule has 137 heavy (non-hydrogen) atoms. The zero-order chi connectivity index (χ0) is 98.7. The number of piperidine rings is 2. The molecule has 38 heteroatoms. The van der Waals surface area contributed by atoms with Gasteiger partial charge in [-0.2, -0.15) is 31.3 Å². The number of aryl methyl sites for hydroxylation is 2. The Bertz CT molecular complexity index is 6610. The summed E-state index contributed by atoms with van der Waals surface area (Å²) in [6.07, 6.45) is -3.22.